The lowest BCUT2D eigenvalue weighted by Gasteiger charge is -2.09. The van der Waals surface area contributed by atoms with Crippen LogP contribution in [-0.4, -0.2) is 10.9 Å². The summed E-state index contributed by atoms with van der Waals surface area (Å²) in [6, 6.07) is 4.79. The number of hydrogen-bond donors (Lipinski definition) is 2. The van der Waals surface area contributed by atoms with Crippen molar-refractivity contribution in [3.8, 4) is 0 Å². The van der Waals surface area contributed by atoms with Crippen LogP contribution in [0.15, 0.2) is 28.9 Å². The number of carbonyl (C=O) groups is 1. The van der Waals surface area contributed by atoms with Gasteiger partial charge in [0.1, 0.15) is 6.26 Å². The summed E-state index contributed by atoms with van der Waals surface area (Å²) in [4.78, 5) is 16.3. The van der Waals surface area contributed by atoms with E-state index in [4.69, 9.17) is 33.4 Å². The summed E-state index contributed by atoms with van der Waals surface area (Å²) in [7, 11) is 0. The Morgan fingerprint density at radius 1 is 1.39 bits per heavy atom. The zero-order chi connectivity index (χ0) is 17.0. The van der Waals surface area contributed by atoms with Crippen molar-refractivity contribution in [1.29, 1.82) is 0 Å². The molecular weight excluding hydrogens is 337 g/mol. The summed E-state index contributed by atoms with van der Waals surface area (Å²) < 4.78 is 5.30. The van der Waals surface area contributed by atoms with Gasteiger partial charge in [0.25, 0.3) is 5.91 Å². The topological polar surface area (TPSA) is 81.1 Å². The van der Waals surface area contributed by atoms with E-state index >= 15 is 0 Å². The van der Waals surface area contributed by atoms with Crippen molar-refractivity contribution in [2.24, 2.45) is 11.7 Å². The van der Waals surface area contributed by atoms with E-state index in [1.807, 2.05) is 0 Å². The van der Waals surface area contributed by atoms with Gasteiger partial charge in [-0.3, -0.25) is 4.79 Å². The second kappa shape index (κ2) is 7.81. The Bertz CT molecular complexity index is 686. The highest BCUT2D eigenvalue weighted by Crippen LogP contribution is 2.21. The predicted octanol–water partition coefficient (Wildman–Crippen LogP) is 3.96. The van der Waals surface area contributed by atoms with Gasteiger partial charge >= 0.3 is 0 Å². The van der Waals surface area contributed by atoms with Crippen molar-refractivity contribution in [3.05, 3.63) is 51.7 Å². The highest BCUT2D eigenvalue weighted by Gasteiger charge is 2.18. The molecule has 2 aromatic rings. The Balaban J connectivity index is 1.97. The molecule has 0 saturated carbocycles. The van der Waals surface area contributed by atoms with Crippen LogP contribution in [0.1, 0.15) is 48.3 Å². The predicted molar refractivity (Wildman–Crippen MR) is 90.5 cm³/mol. The summed E-state index contributed by atoms with van der Waals surface area (Å²) in [6.45, 7) is 4.40. The Morgan fingerprint density at radius 2 is 2.13 bits per heavy atom. The first-order chi connectivity index (χ1) is 10.9. The van der Waals surface area contributed by atoms with Crippen molar-refractivity contribution in [1.82, 2.24) is 10.3 Å². The van der Waals surface area contributed by atoms with Gasteiger partial charge in [0.05, 0.1) is 6.04 Å². The molecule has 1 aromatic heterocycles. The maximum absolute atomic E-state index is 12.1. The summed E-state index contributed by atoms with van der Waals surface area (Å²) in [5.74, 6) is 0.442. The molecule has 1 unspecified atom stereocenters. The minimum absolute atomic E-state index is 0.198. The molecule has 0 fully saturated rings. The van der Waals surface area contributed by atoms with E-state index in [0.717, 1.165) is 12.0 Å². The Morgan fingerprint density at radius 3 is 2.78 bits per heavy atom. The van der Waals surface area contributed by atoms with E-state index in [9.17, 15) is 4.79 Å². The molecule has 0 radical (unpaired) electrons. The number of benzene rings is 1. The maximum Gasteiger partial charge on any atom is 0.273 e. The lowest BCUT2D eigenvalue weighted by Crippen LogP contribution is -2.23. The molecule has 124 valence electrons. The SMILES string of the molecule is CC(C)CC(N)c1nc(C(=O)NCc2ccc(Cl)cc2Cl)co1. The van der Waals surface area contributed by atoms with Crippen LogP contribution in [0.5, 0.6) is 0 Å². The first-order valence-electron chi connectivity index (χ1n) is 7.30. The first-order valence-corrected chi connectivity index (χ1v) is 8.05. The second-order valence-electron chi connectivity index (χ2n) is 5.73. The van der Waals surface area contributed by atoms with Crippen molar-refractivity contribution in [3.63, 3.8) is 0 Å². The molecular formula is C16H19Cl2N3O2. The van der Waals surface area contributed by atoms with E-state index in [1.165, 1.54) is 6.26 Å². The molecule has 0 spiro atoms. The van der Waals surface area contributed by atoms with Crippen LogP contribution in [0, 0.1) is 5.92 Å². The van der Waals surface area contributed by atoms with Gasteiger partial charge in [-0.25, -0.2) is 4.98 Å². The average molecular weight is 356 g/mol. The fraction of sp³-hybridized carbons (Fsp3) is 0.375. The quantitative estimate of drug-likeness (QED) is 0.821. The Kier molecular flexibility index (Phi) is 6.04. The number of carbonyl (C=O) groups excluding carboxylic acids is 1. The second-order valence-corrected chi connectivity index (χ2v) is 6.57. The zero-order valence-electron chi connectivity index (χ0n) is 13.0. The lowest BCUT2D eigenvalue weighted by atomic mass is 10.0. The number of nitrogens with two attached hydrogens (primary N) is 1. The lowest BCUT2D eigenvalue weighted by molar-refractivity contribution is 0.0946. The van der Waals surface area contributed by atoms with Crippen LogP contribution in [0.4, 0.5) is 0 Å². The number of aromatic nitrogens is 1. The molecule has 0 aliphatic carbocycles. The molecule has 0 saturated heterocycles. The van der Waals surface area contributed by atoms with E-state index in [1.54, 1.807) is 18.2 Å². The summed E-state index contributed by atoms with van der Waals surface area (Å²) >= 11 is 11.9. The Hall–Kier alpha value is -1.56. The Labute approximate surface area is 145 Å². The molecule has 7 heteroatoms. The minimum atomic E-state index is -0.345. The van der Waals surface area contributed by atoms with Gasteiger partial charge in [-0.05, 0) is 30.0 Å². The van der Waals surface area contributed by atoms with Gasteiger partial charge in [0.2, 0.25) is 5.89 Å². The summed E-state index contributed by atoms with van der Waals surface area (Å²) in [5, 5.41) is 3.78. The van der Waals surface area contributed by atoms with Gasteiger partial charge in [0, 0.05) is 16.6 Å². The van der Waals surface area contributed by atoms with Gasteiger partial charge < -0.3 is 15.5 Å². The monoisotopic (exact) mass is 355 g/mol. The summed E-state index contributed by atoms with van der Waals surface area (Å²) in [5.41, 5.74) is 6.96. The van der Waals surface area contributed by atoms with Crippen molar-refractivity contribution in [2.75, 3.05) is 0 Å². The highest BCUT2D eigenvalue weighted by atomic mass is 35.5. The molecule has 0 aliphatic rings. The highest BCUT2D eigenvalue weighted by molar-refractivity contribution is 6.35. The molecule has 1 atom stereocenters. The van der Waals surface area contributed by atoms with Gasteiger partial charge in [-0.1, -0.05) is 43.1 Å². The zero-order valence-corrected chi connectivity index (χ0v) is 14.5. The number of nitrogens with zero attached hydrogens (tertiary/aromatic N) is 1. The van der Waals surface area contributed by atoms with Crippen LogP contribution < -0.4 is 11.1 Å². The number of amides is 1. The van der Waals surface area contributed by atoms with Crippen LogP contribution in [0.3, 0.4) is 0 Å². The van der Waals surface area contributed by atoms with Gasteiger partial charge in [0.15, 0.2) is 5.69 Å². The number of oxazole rings is 1. The molecule has 0 bridgehead atoms. The van der Waals surface area contributed by atoms with Gasteiger partial charge in [-0.2, -0.15) is 0 Å². The number of halogens is 2. The molecule has 1 amide bonds. The van der Waals surface area contributed by atoms with E-state index in [0.29, 0.717) is 21.9 Å². The molecule has 23 heavy (non-hydrogen) atoms. The van der Waals surface area contributed by atoms with Crippen LogP contribution in [-0.2, 0) is 6.54 Å². The number of nitrogens with one attached hydrogen (secondary N) is 1. The standard InChI is InChI=1S/C16H19Cl2N3O2/c1-9(2)5-13(19)16-21-14(8-23-16)15(22)20-7-10-3-4-11(17)6-12(10)18/h3-4,6,8-9,13H,5,7,19H2,1-2H3,(H,20,22). The van der Waals surface area contributed by atoms with Gasteiger partial charge in [-0.15, -0.1) is 0 Å². The number of rotatable bonds is 6. The average Bonchev–Trinajstić information content (AvgIpc) is 2.95. The van der Waals surface area contributed by atoms with Crippen molar-refractivity contribution in [2.45, 2.75) is 32.9 Å². The molecule has 1 aromatic carbocycles. The summed E-state index contributed by atoms with van der Waals surface area (Å²) in [6.07, 6.45) is 2.05. The molecule has 2 rings (SSSR count). The third kappa shape index (κ3) is 4.96. The van der Waals surface area contributed by atoms with E-state index in [-0.39, 0.29) is 24.2 Å². The van der Waals surface area contributed by atoms with Crippen LogP contribution >= 0.6 is 23.2 Å². The third-order valence-electron chi connectivity index (χ3n) is 3.25. The normalized spacial score (nSPS) is 12.4. The molecule has 0 aliphatic heterocycles. The van der Waals surface area contributed by atoms with Crippen LogP contribution in [0.25, 0.3) is 0 Å². The first kappa shape index (κ1) is 17.8. The molecule has 1 heterocycles. The smallest absolute Gasteiger partial charge is 0.273 e. The number of hydrogen-bond acceptors (Lipinski definition) is 4. The fourth-order valence-corrected chi connectivity index (χ4v) is 2.58. The van der Waals surface area contributed by atoms with Crippen molar-refractivity contribution < 1.29 is 9.21 Å². The fourth-order valence-electron chi connectivity index (χ4n) is 2.10. The maximum atomic E-state index is 12.1. The largest absolute Gasteiger partial charge is 0.446 e. The van der Waals surface area contributed by atoms with E-state index < -0.39 is 0 Å². The molecule has 3 N–H and O–H groups in total. The minimum Gasteiger partial charge on any atom is -0.446 e. The van der Waals surface area contributed by atoms with E-state index in [2.05, 4.69) is 24.1 Å². The van der Waals surface area contributed by atoms with Crippen molar-refractivity contribution >= 4 is 29.1 Å². The third-order valence-corrected chi connectivity index (χ3v) is 3.84. The van der Waals surface area contributed by atoms with Crippen LogP contribution in [0.2, 0.25) is 10.0 Å². The molecule has 5 nitrogen and oxygen atoms in total.